The van der Waals surface area contributed by atoms with Crippen LogP contribution in [0.4, 0.5) is 0 Å². The molecule has 1 aromatic heterocycles. The predicted octanol–water partition coefficient (Wildman–Crippen LogP) is 0.507. The van der Waals surface area contributed by atoms with Crippen LogP contribution in [-0.4, -0.2) is 70.3 Å². The van der Waals surface area contributed by atoms with E-state index in [-0.39, 0.29) is 11.8 Å². The number of likely N-dealkylation sites (N-methyl/N-ethyl adjacent to an activating group) is 2. The van der Waals surface area contributed by atoms with Crippen molar-refractivity contribution in [2.24, 2.45) is 0 Å². The van der Waals surface area contributed by atoms with Crippen LogP contribution in [-0.2, 0) is 6.54 Å². The monoisotopic (exact) mass is 265 g/mol. The smallest absolute Gasteiger partial charge is 0.200 e. The van der Waals surface area contributed by atoms with Gasteiger partial charge in [0.05, 0.1) is 12.2 Å². The zero-order valence-corrected chi connectivity index (χ0v) is 12.0. The Labute approximate surface area is 114 Å². The van der Waals surface area contributed by atoms with Crippen molar-refractivity contribution >= 4 is 5.78 Å². The van der Waals surface area contributed by atoms with Crippen LogP contribution < -0.4 is 0 Å². The molecule has 1 fully saturated rings. The van der Waals surface area contributed by atoms with Crippen molar-refractivity contribution in [2.45, 2.75) is 32.4 Å². The van der Waals surface area contributed by atoms with Crippen LogP contribution in [0.25, 0.3) is 0 Å². The number of rotatable bonds is 4. The zero-order chi connectivity index (χ0) is 13.8. The van der Waals surface area contributed by atoms with E-state index in [1.807, 2.05) is 7.05 Å². The van der Waals surface area contributed by atoms with Gasteiger partial charge in [-0.25, -0.2) is 4.68 Å². The first kappa shape index (κ1) is 14.1. The molecule has 1 aromatic rings. The van der Waals surface area contributed by atoms with E-state index in [0.29, 0.717) is 5.69 Å². The molecule has 0 aliphatic carbocycles. The van der Waals surface area contributed by atoms with Crippen molar-refractivity contribution in [1.82, 2.24) is 24.8 Å². The topological polar surface area (TPSA) is 54.3 Å². The maximum absolute atomic E-state index is 12.7. The maximum atomic E-state index is 12.7. The minimum Gasteiger partial charge on any atom is -0.304 e. The van der Waals surface area contributed by atoms with Crippen LogP contribution in [0.1, 0.15) is 30.3 Å². The largest absolute Gasteiger partial charge is 0.304 e. The third kappa shape index (κ3) is 3.19. The van der Waals surface area contributed by atoms with Crippen LogP contribution in [0.5, 0.6) is 0 Å². The molecule has 106 valence electrons. The summed E-state index contributed by atoms with van der Waals surface area (Å²) < 4.78 is 1.72. The normalized spacial score (nSPS) is 22.4. The van der Waals surface area contributed by atoms with Crippen molar-refractivity contribution in [2.75, 3.05) is 33.7 Å². The molecule has 0 aromatic carbocycles. The molecule has 0 amide bonds. The standard InChI is InChI=1S/C13H23N5O/c1-4-6-18-11(9-14-15-18)13(19)12-10-16(2)7-5-8-17(12)3/h9,12H,4-8,10H2,1-3H3. The van der Waals surface area contributed by atoms with Crippen molar-refractivity contribution in [3.05, 3.63) is 11.9 Å². The molecule has 1 aliphatic rings. The van der Waals surface area contributed by atoms with E-state index in [9.17, 15) is 4.79 Å². The number of hydrogen-bond donors (Lipinski definition) is 0. The molecule has 0 spiro atoms. The summed E-state index contributed by atoms with van der Waals surface area (Å²) in [4.78, 5) is 17.1. The summed E-state index contributed by atoms with van der Waals surface area (Å²) in [6.45, 7) is 5.58. The molecule has 1 aliphatic heterocycles. The van der Waals surface area contributed by atoms with Gasteiger partial charge in [0.1, 0.15) is 5.69 Å². The molecular weight excluding hydrogens is 242 g/mol. The number of nitrogens with zero attached hydrogens (tertiary/aromatic N) is 5. The Balaban J connectivity index is 2.18. The van der Waals surface area contributed by atoms with E-state index < -0.39 is 0 Å². The molecule has 0 saturated carbocycles. The van der Waals surface area contributed by atoms with E-state index in [4.69, 9.17) is 0 Å². The van der Waals surface area contributed by atoms with E-state index >= 15 is 0 Å². The Morgan fingerprint density at radius 3 is 2.95 bits per heavy atom. The second-order valence-corrected chi connectivity index (χ2v) is 5.32. The first-order valence-corrected chi connectivity index (χ1v) is 6.95. The molecule has 0 bridgehead atoms. The first-order chi connectivity index (χ1) is 9.13. The number of aromatic nitrogens is 3. The quantitative estimate of drug-likeness (QED) is 0.742. The molecule has 0 N–H and O–H groups in total. The second kappa shape index (κ2) is 6.25. The highest BCUT2D eigenvalue weighted by molar-refractivity contribution is 5.98. The van der Waals surface area contributed by atoms with Gasteiger partial charge in [-0.1, -0.05) is 12.1 Å². The van der Waals surface area contributed by atoms with Gasteiger partial charge in [0.25, 0.3) is 0 Å². The van der Waals surface area contributed by atoms with Gasteiger partial charge in [-0.2, -0.15) is 0 Å². The van der Waals surface area contributed by atoms with Gasteiger partial charge in [-0.3, -0.25) is 9.69 Å². The van der Waals surface area contributed by atoms with Gasteiger partial charge in [-0.05, 0) is 40.0 Å². The Hall–Kier alpha value is -1.27. The second-order valence-electron chi connectivity index (χ2n) is 5.32. The van der Waals surface area contributed by atoms with Gasteiger partial charge in [0.15, 0.2) is 0 Å². The third-order valence-electron chi connectivity index (χ3n) is 3.68. The van der Waals surface area contributed by atoms with Gasteiger partial charge >= 0.3 is 0 Å². The number of Topliss-reactive ketones (excluding diaryl/α,β-unsaturated/α-hetero) is 1. The molecule has 2 rings (SSSR count). The van der Waals surface area contributed by atoms with Crippen LogP contribution in [0, 0.1) is 0 Å². The minimum atomic E-state index is -0.0957. The number of aryl methyl sites for hydroxylation is 1. The molecule has 6 nitrogen and oxygen atoms in total. The van der Waals surface area contributed by atoms with Gasteiger partial charge in [-0.15, -0.1) is 5.10 Å². The number of carbonyl (C=O) groups is 1. The summed E-state index contributed by atoms with van der Waals surface area (Å²) >= 11 is 0. The fourth-order valence-corrected chi connectivity index (χ4v) is 2.55. The molecular formula is C13H23N5O. The number of hydrogen-bond acceptors (Lipinski definition) is 5. The molecule has 0 radical (unpaired) electrons. The van der Waals surface area contributed by atoms with E-state index in [1.165, 1.54) is 0 Å². The highest BCUT2D eigenvalue weighted by atomic mass is 16.1. The van der Waals surface area contributed by atoms with Crippen molar-refractivity contribution < 1.29 is 4.79 Å². The summed E-state index contributed by atoms with van der Waals surface area (Å²) in [6.07, 6.45) is 3.64. The predicted molar refractivity (Wildman–Crippen MR) is 73.2 cm³/mol. The SMILES string of the molecule is CCCn1nncc1C(=O)C1CN(C)CCCN1C. The molecule has 1 unspecified atom stereocenters. The first-order valence-electron chi connectivity index (χ1n) is 6.95. The van der Waals surface area contributed by atoms with E-state index in [0.717, 1.165) is 39.0 Å². The van der Waals surface area contributed by atoms with Crippen molar-refractivity contribution in [3.63, 3.8) is 0 Å². The van der Waals surface area contributed by atoms with Crippen molar-refractivity contribution in [1.29, 1.82) is 0 Å². The van der Waals surface area contributed by atoms with Crippen LogP contribution in [0.2, 0.25) is 0 Å². The lowest BCUT2D eigenvalue weighted by atomic mass is 10.1. The molecule has 2 heterocycles. The summed E-state index contributed by atoms with van der Waals surface area (Å²) in [5.74, 6) is 0.134. The van der Waals surface area contributed by atoms with Gasteiger partial charge < -0.3 is 4.90 Å². The number of ketones is 1. The Morgan fingerprint density at radius 2 is 2.21 bits per heavy atom. The molecule has 19 heavy (non-hydrogen) atoms. The molecule has 1 atom stereocenters. The lowest BCUT2D eigenvalue weighted by Gasteiger charge is -2.25. The Bertz CT molecular complexity index is 430. The van der Waals surface area contributed by atoms with E-state index in [2.05, 4.69) is 34.1 Å². The fourth-order valence-electron chi connectivity index (χ4n) is 2.55. The van der Waals surface area contributed by atoms with Gasteiger partial charge in [0.2, 0.25) is 5.78 Å². The lowest BCUT2D eigenvalue weighted by molar-refractivity contribution is 0.0828. The molecule has 6 heteroatoms. The summed E-state index contributed by atoms with van der Waals surface area (Å²) in [5, 5.41) is 7.89. The molecule has 1 saturated heterocycles. The Kier molecular flexibility index (Phi) is 4.66. The summed E-state index contributed by atoms with van der Waals surface area (Å²) in [5.41, 5.74) is 0.633. The van der Waals surface area contributed by atoms with Gasteiger partial charge in [0, 0.05) is 13.1 Å². The maximum Gasteiger partial charge on any atom is 0.200 e. The highest BCUT2D eigenvalue weighted by Crippen LogP contribution is 2.12. The van der Waals surface area contributed by atoms with Crippen molar-refractivity contribution in [3.8, 4) is 0 Å². The highest BCUT2D eigenvalue weighted by Gasteiger charge is 2.29. The van der Waals surface area contributed by atoms with Crippen LogP contribution in [0.3, 0.4) is 0 Å². The lowest BCUT2D eigenvalue weighted by Crippen LogP contribution is -2.44. The van der Waals surface area contributed by atoms with E-state index in [1.54, 1.807) is 10.9 Å². The summed E-state index contributed by atoms with van der Waals surface area (Å²) in [7, 11) is 4.09. The minimum absolute atomic E-state index is 0.0957. The zero-order valence-electron chi connectivity index (χ0n) is 12.0. The fraction of sp³-hybridized carbons (Fsp3) is 0.769. The third-order valence-corrected chi connectivity index (χ3v) is 3.68. The summed E-state index contributed by atoms with van der Waals surface area (Å²) in [6, 6.07) is -0.0957. The average molecular weight is 265 g/mol. The Morgan fingerprint density at radius 1 is 1.42 bits per heavy atom. The van der Waals surface area contributed by atoms with Crippen LogP contribution >= 0.6 is 0 Å². The average Bonchev–Trinajstić information content (AvgIpc) is 2.76. The number of carbonyl (C=O) groups excluding carboxylic acids is 1. The van der Waals surface area contributed by atoms with Crippen LogP contribution in [0.15, 0.2) is 6.20 Å².